The molecule has 0 saturated heterocycles. The molecule has 0 fully saturated rings. The molecule has 1 aromatic heterocycles. The Balaban J connectivity index is 0.00000324. The Bertz CT molecular complexity index is 408. The molecule has 0 aliphatic heterocycles. The van der Waals surface area contributed by atoms with Gasteiger partial charge < -0.3 is 15.2 Å². The molecular weight excluding hydrogens is 357 g/mol. The number of aromatic nitrogens is 2. The molecule has 0 aromatic carbocycles. The van der Waals surface area contributed by atoms with Crippen LogP contribution < -0.4 is 10.6 Å². The second kappa shape index (κ2) is 7.66. The maximum atomic E-state index is 5.21. The Kier molecular flexibility index (Phi) is 7.32. The van der Waals surface area contributed by atoms with E-state index < -0.39 is 0 Å². The van der Waals surface area contributed by atoms with Crippen molar-refractivity contribution in [3.63, 3.8) is 0 Å². The van der Waals surface area contributed by atoms with Gasteiger partial charge >= 0.3 is 0 Å². The molecule has 7 heteroatoms. The van der Waals surface area contributed by atoms with Crippen LogP contribution in [0.25, 0.3) is 0 Å². The van der Waals surface area contributed by atoms with Crippen LogP contribution >= 0.6 is 24.0 Å². The van der Waals surface area contributed by atoms with Crippen LogP contribution in [0.1, 0.15) is 46.3 Å². The molecular formula is C12H24IN5O. The monoisotopic (exact) mass is 381 g/mol. The van der Waals surface area contributed by atoms with E-state index >= 15 is 0 Å². The Labute approximate surface area is 131 Å². The third kappa shape index (κ3) is 6.22. The fourth-order valence-corrected chi connectivity index (χ4v) is 1.26. The zero-order chi connectivity index (χ0) is 13.8. The number of hydrogen-bond donors (Lipinski definition) is 2. The largest absolute Gasteiger partial charge is 0.354 e. The number of halogens is 1. The van der Waals surface area contributed by atoms with Crippen molar-refractivity contribution in [3.8, 4) is 0 Å². The van der Waals surface area contributed by atoms with Crippen LogP contribution in [0, 0.1) is 0 Å². The van der Waals surface area contributed by atoms with E-state index in [4.69, 9.17) is 4.52 Å². The summed E-state index contributed by atoms with van der Waals surface area (Å²) >= 11 is 0. The standard InChI is InChI=1S/C12H23N5O.HI/c1-8(2)15-11(13-6)14-7-9-16-10(18-17-9)12(3,4)5;/h8H,7H2,1-6H3,(H2,13,14,15);1H. The molecule has 1 heterocycles. The second-order valence-electron chi connectivity index (χ2n) is 5.49. The zero-order valence-electron chi connectivity index (χ0n) is 12.4. The first kappa shape index (κ1) is 18.1. The highest BCUT2D eigenvalue weighted by Crippen LogP contribution is 2.19. The molecule has 0 saturated carbocycles. The SMILES string of the molecule is CN=C(NCc1noc(C(C)(C)C)n1)NC(C)C.I. The van der Waals surface area contributed by atoms with Crippen LogP contribution in [-0.2, 0) is 12.0 Å². The fourth-order valence-electron chi connectivity index (χ4n) is 1.26. The molecule has 1 aromatic rings. The molecule has 110 valence electrons. The van der Waals surface area contributed by atoms with Crippen LogP contribution in [0.3, 0.4) is 0 Å². The summed E-state index contributed by atoms with van der Waals surface area (Å²) in [5.41, 5.74) is -0.122. The summed E-state index contributed by atoms with van der Waals surface area (Å²) in [7, 11) is 1.73. The summed E-state index contributed by atoms with van der Waals surface area (Å²) in [5.74, 6) is 2.00. The van der Waals surface area contributed by atoms with E-state index in [2.05, 4.69) is 39.6 Å². The van der Waals surface area contributed by atoms with Gasteiger partial charge in [0.1, 0.15) is 0 Å². The summed E-state index contributed by atoms with van der Waals surface area (Å²) in [6, 6.07) is 0.326. The van der Waals surface area contributed by atoms with Gasteiger partial charge in [0.25, 0.3) is 0 Å². The Hall–Kier alpha value is -0.860. The molecule has 0 aliphatic carbocycles. The molecule has 0 aliphatic rings. The Morgan fingerprint density at radius 2 is 2.00 bits per heavy atom. The normalized spacial score (nSPS) is 12.3. The van der Waals surface area contributed by atoms with Gasteiger partial charge in [0.05, 0.1) is 6.54 Å². The van der Waals surface area contributed by atoms with E-state index in [0.717, 1.165) is 5.96 Å². The molecule has 0 atom stereocenters. The average molecular weight is 381 g/mol. The van der Waals surface area contributed by atoms with Crippen LogP contribution in [0.15, 0.2) is 9.52 Å². The van der Waals surface area contributed by atoms with Crippen molar-refractivity contribution in [1.29, 1.82) is 0 Å². The van der Waals surface area contributed by atoms with E-state index in [1.54, 1.807) is 7.05 Å². The highest BCUT2D eigenvalue weighted by molar-refractivity contribution is 14.0. The topological polar surface area (TPSA) is 75.3 Å². The second-order valence-corrected chi connectivity index (χ2v) is 5.49. The van der Waals surface area contributed by atoms with Gasteiger partial charge in [-0.1, -0.05) is 25.9 Å². The predicted octanol–water partition coefficient (Wildman–Crippen LogP) is 2.06. The first-order chi connectivity index (χ1) is 8.32. The van der Waals surface area contributed by atoms with Crippen molar-refractivity contribution in [3.05, 3.63) is 11.7 Å². The predicted molar refractivity (Wildman–Crippen MR) is 86.9 cm³/mol. The molecule has 6 nitrogen and oxygen atoms in total. The van der Waals surface area contributed by atoms with E-state index in [9.17, 15) is 0 Å². The summed E-state index contributed by atoms with van der Waals surface area (Å²) in [6.07, 6.45) is 0. The summed E-state index contributed by atoms with van der Waals surface area (Å²) in [5, 5.41) is 10.3. The van der Waals surface area contributed by atoms with Gasteiger partial charge in [-0.2, -0.15) is 4.98 Å². The number of aliphatic imine (C=N–C) groups is 1. The molecule has 0 spiro atoms. The van der Waals surface area contributed by atoms with Crippen molar-refractivity contribution in [2.24, 2.45) is 4.99 Å². The minimum atomic E-state index is -0.122. The van der Waals surface area contributed by atoms with Gasteiger partial charge in [-0.05, 0) is 13.8 Å². The minimum absolute atomic E-state index is 0. The smallest absolute Gasteiger partial charge is 0.232 e. The van der Waals surface area contributed by atoms with E-state index in [1.165, 1.54) is 0 Å². The molecule has 0 radical (unpaired) electrons. The van der Waals surface area contributed by atoms with Gasteiger partial charge in [-0.25, -0.2) is 0 Å². The molecule has 2 N–H and O–H groups in total. The van der Waals surface area contributed by atoms with E-state index in [-0.39, 0.29) is 29.4 Å². The highest BCUT2D eigenvalue weighted by atomic mass is 127. The fraction of sp³-hybridized carbons (Fsp3) is 0.750. The summed E-state index contributed by atoms with van der Waals surface area (Å²) in [6.45, 7) is 10.7. The van der Waals surface area contributed by atoms with Crippen LogP contribution in [0.5, 0.6) is 0 Å². The van der Waals surface area contributed by atoms with Gasteiger partial charge in [0, 0.05) is 18.5 Å². The van der Waals surface area contributed by atoms with Crippen molar-refractivity contribution in [2.45, 2.75) is 52.6 Å². The molecule has 1 rings (SSSR count). The summed E-state index contributed by atoms with van der Waals surface area (Å²) in [4.78, 5) is 8.45. The van der Waals surface area contributed by atoms with Gasteiger partial charge in [0.2, 0.25) is 5.89 Å². The lowest BCUT2D eigenvalue weighted by Crippen LogP contribution is -2.40. The third-order valence-electron chi connectivity index (χ3n) is 2.17. The molecule has 0 amide bonds. The van der Waals surface area contributed by atoms with Crippen molar-refractivity contribution in [2.75, 3.05) is 7.05 Å². The number of nitrogens with zero attached hydrogens (tertiary/aromatic N) is 3. The van der Waals surface area contributed by atoms with Crippen molar-refractivity contribution >= 4 is 29.9 Å². The lowest BCUT2D eigenvalue weighted by Gasteiger charge is -2.13. The van der Waals surface area contributed by atoms with Gasteiger partial charge in [0.15, 0.2) is 11.8 Å². The number of nitrogens with one attached hydrogen (secondary N) is 2. The lowest BCUT2D eigenvalue weighted by molar-refractivity contribution is 0.318. The quantitative estimate of drug-likeness (QED) is 0.476. The third-order valence-corrected chi connectivity index (χ3v) is 2.17. The first-order valence-electron chi connectivity index (χ1n) is 6.13. The van der Waals surface area contributed by atoms with Crippen molar-refractivity contribution < 1.29 is 4.52 Å². The lowest BCUT2D eigenvalue weighted by atomic mass is 9.97. The van der Waals surface area contributed by atoms with Gasteiger partial charge in [-0.3, -0.25) is 4.99 Å². The van der Waals surface area contributed by atoms with E-state index in [0.29, 0.717) is 24.3 Å². The van der Waals surface area contributed by atoms with Crippen LogP contribution in [0.2, 0.25) is 0 Å². The zero-order valence-corrected chi connectivity index (χ0v) is 14.8. The maximum Gasteiger partial charge on any atom is 0.232 e. The molecule has 19 heavy (non-hydrogen) atoms. The Morgan fingerprint density at radius 3 is 2.42 bits per heavy atom. The first-order valence-corrected chi connectivity index (χ1v) is 6.13. The van der Waals surface area contributed by atoms with E-state index in [1.807, 2.05) is 20.8 Å². The Morgan fingerprint density at radius 1 is 1.37 bits per heavy atom. The van der Waals surface area contributed by atoms with Crippen molar-refractivity contribution in [1.82, 2.24) is 20.8 Å². The highest BCUT2D eigenvalue weighted by Gasteiger charge is 2.21. The number of hydrogen-bond acceptors (Lipinski definition) is 4. The molecule has 0 bridgehead atoms. The van der Waals surface area contributed by atoms with Crippen LogP contribution in [-0.4, -0.2) is 29.2 Å². The van der Waals surface area contributed by atoms with Gasteiger partial charge in [-0.15, -0.1) is 24.0 Å². The molecule has 0 unspecified atom stereocenters. The van der Waals surface area contributed by atoms with Crippen LogP contribution in [0.4, 0.5) is 0 Å². The number of rotatable bonds is 3. The number of guanidine groups is 1. The minimum Gasteiger partial charge on any atom is -0.354 e. The maximum absolute atomic E-state index is 5.21. The average Bonchev–Trinajstić information content (AvgIpc) is 2.71. The summed E-state index contributed by atoms with van der Waals surface area (Å²) < 4.78 is 5.21.